The molecule has 3 rings (SSSR count). The van der Waals surface area contributed by atoms with Crippen molar-refractivity contribution in [3.63, 3.8) is 0 Å². The van der Waals surface area contributed by atoms with Gasteiger partial charge in [0, 0.05) is 13.5 Å². The second kappa shape index (κ2) is 4.15. The normalized spacial score (nSPS) is 24.9. The molecule has 1 aromatic carbocycles. The van der Waals surface area contributed by atoms with E-state index in [1.165, 1.54) is 4.90 Å². The van der Waals surface area contributed by atoms with E-state index in [1.54, 1.807) is 25.2 Å². The zero-order valence-electron chi connectivity index (χ0n) is 10.3. The van der Waals surface area contributed by atoms with Crippen molar-refractivity contribution < 1.29 is 24.2 Å². The molecule has 1 fully saturated rings. The van der Waals surface area contributed by atoms with Gasteiger partial charge in [0.05, 0.1) is 12.0 Å². The van der Waals surface area contributed by atoms with Gasteiger partial charge in [-0.1, -0.05) is 6.07 Å². The first kappa shape index (κ1) is 11.8. The van der Waals surface area contributed by atoms with Crippen molar-refractivity contribution in [1.82, 2.24) is 4.90 Å². The largest absolute Gasteiger partial charge is 0.481 e. The van der Waals surface area contributed by atoms with E-state index >= 15 is 0 Å². The maximum absolute atomic E-state index is 11.7. The lowest BCUT2D eigenvalue weighted by atomic mass is 9.93. The number of carbonyl (C=O) groups excluding carboxylic acids is 1. The Hall–Kier alpha value is -2.24. The summed E-state index contributed by atoms with van der Waals surface area (Å²) in [5.74, 6) is -0.606. The number of amides is 1. The minimum Gasteiger partial charge on any atom is -0.481 e. The summed E-state index contributed by atoms with van der Waals surface area (Å²) < 4.78 is 10.5. The molecule has 0 aliphatic carbocycles. The SMILES string of the molecule is CN1C(=O)CC(C(=O)O)C1c1ccc2c(c1)OCO2. The van der Waals surface area contributed by atoms with E-state index in [1.807, 2.05) is 0 Å². The topological polar surface area (TPSA) is 76.1 Å². The Morgan fingerprint density at radius 2 is 2.11 bits per heavy atom. The predicted molar refractivity (Wildman–Crippen MR) is 63.8 cm³/mol. The van der Waals surface area contributed by atoms with Crippen LogP contribution in [0, 0.1) is 5.92 Å². The maximum atomic E-state index is 11.7. The van der Waals surface area contributed by atoms with Crippen molar-refractivity contribution in [3.8, 4) is 11.5 Å². The first-order valence-electron chi connectivity index (χ1n) is 5.96. The number of carboxylic acids is 1. The number of carbonyl (C=O) groups is 2. The van der Waals surface area contributed by atoms with Gasteiger partial charge in [-0.2, -0.15) is 0 Å². The van der Waals surface area contributed by atoms with Crippen LogP contribution in [0.25, 0.3) is 0 Å². The van der Waals surface area contributed by atoms with Crippen molar-refractivity contribution in [1.29, 1.82) is 0 Å². The molecule has 2 heterocycles. The Balaban J connectivity index is 1.99. The number of hydrogen-bond donors (Lipinski definition) is 1. The molecule has 0 aromatic heterocycles. The van der Waals surface area contributed by atoms with E-state index < -0.39 is 17.9 Å². The van der Waals surface area contributed by atoms with Gasteiger partial charge >= 0.3 is 5.97 Å². The summed E-state index contributed by atoms with van der Waals surface area (Å²) in [7, 11) is 1.63. The molecule has 1 aromatic rings. The molecule has 2 aliphatic rings. The molecule has 0 saturated carbocycles. The molecule has 6 heteroatoms. The quantitative estimate of drug-likeness (QED) is 0.862. The third kappa shape index (κ3) is 1.80. The van der Waals surface area contributed by atoms with E-state index in [0.29, 0.717) is 11.5 Å². The lowest BCUT2D eigenvalue weighted by molar-refractivity contribution is -0.142. The minimum absolute atomic E-state index is 0.0327. The molecular formula is C13H13NO5. The van der Waals surface area contributed by atoms with E-state index in [9.17, 15) is 14.7 Å². The summed E-state index contributed by atoms with van der Waals surface area (Å²) in [4.78, 5) is 24.5. The molecule has 0 radical (unpaired) electrons. The molecule has 0 spiro atoms. The molecule has 2 atom stereocenters. The van der Waals surface area contributed by atoms with Gasteiger partial charge in [-0.05, 0) is 17.7 Å². The summed E-state index contributed by atoms with van der Waals surface area (Å²) in [5.41, 5.74) is 0.755. The van der Waals surface area contributed by atoms with Gasteiger partial charge in [-0.25, -0.2) is 0 Å². The fourth-order valence-electron chi connectivity index (χ4n) is 2.64. The van der Waals surface area contributed by atoms with E-state index in [2.05, 4.69) is 0 Å². The highest BCUT2D eigenvalue weighted by atomic mass is 16.7. The van der Waals surface area contributed by atoms with Gasteiger partial charge in [-0.15, -0.1) is 0 Å². The van der Waals surface area contributed by atoms with Crippen LogP contribution in [0.2, 0.25) is 0 Å². The molecule has 1 N–H and O–H groups in total. The zero-order chi connectivity index (χ0) is 13.6. The molecule has 1 amide bonds. The van der Waals surface area contributed by atoms with Gasteiger partial charge in [0.2, 0.25) is 12.7 Å². The number of fused-ring (bicyclic) bond motifs is 1. The smallest absolute Gasteiger partial charge is 0.309 e. The van der Waals surface area contributed by atoms with Gasteiger partial charge < -0.3 is 19.5 Å². The third-order valence-electron chi connectivity index (χ3n) is 3.64. The van der Waals surface area contributed by atoms with Crippen molar-refractivity contribution >= 4 is 11.9 Å². The number of likely N-dealkylation sites (tertiary alicyclic amines) is 1. The summed E-state index contributed by atoms with van der Waals surface area (Å²) in [5, 5.41) is 9.24. The highest BCUT2D eigenvalue weighted by molar-refractivity contribution is 5.87. The standard InChI is InChI=1S/C13H13NO5/c1-14-11(15)5-8(13(16)17)12(14)7-2-3-9-10(4-7)19-6-18-9/h2-4,8,12H,5-6H2,1H3,(H,16,17). The zero-order valence-corrected chi connectivity index (χ0v) is 10.3. The fraction of sp³-hybridized carbons (Fsp3) is 0.385. The second-order valence-electron chi connectivity index (χ2n) is 4.71. The van der Waals surface area contributed by atoms with Crippen LogP contribution in [0.1, 0.15) is 18.0 Å². The Kier molecular flexibility index (Phi) is 2.58. The molecule has 19 heavy (non-hydrogen) atoms. The van der Waals surface area contributed by atoms with Crippen LogP contribution in [0.4, 0.5) is 0 Å². The third-order valence-corrected chi connectivity index (χ3v) is 3.64. The molecule has 2 aliphatic heterocycles. The fourth-order valence-corrected chi connectivity index (χ4v) is 2.64. The van der Waals surface area contributed by atoms with Gasteiger partial charge in [0.25, 0.3) is 0 Å². The first-order chi connectivity index (χ1) is 9.08. The number of rotatable bonds is 2. The Morgan fingerprint density at radius 3 is 2.84 bits per heavy atom. The molecule has 100 valence electrons. The maximum Gasteiger partial charge on any atom is 0.309 e. The number of benzene rings is 1. The highest BCUT2D eigenvalue weighted by Crippen LogP contribution is 2.41. The van der Waals surface area contributed by atoms with Crippen molar-refractivity contribution in [2.75, 3.05) is 13.8 Å². The number of hydrogen-bond acceptors (Lipinski definition) is 4. The summed E-state index contributed by atoms with van der Waals surface area (Å²) in [6.07, 6.45) is 0.0327. The molecular weight excluding hydrogens is 250 g/mol. The lowest BCUT2D eigenvalue weighted by Gasteiger charge is -2.23. The molecule has 2 unspecified atom stereocenters. The number of aliphatic carboxylic acids is 1. The van der Waals surface area contributed by atoms with Crippen molar-refractivity contribution in [2.45, 2.75) is 12.5 Å². The summed E-state index contributed by atoms with van der Waals surface area (Å²) >= 11 is 0. The summed E-state index contributed by atoms with van der Waals surface area (Å²) in [6.45, 7) is 0.167. The van der Waals surface area contributed by atoms with Gasteiger partial charge in [-0.3, -0.25) is 9.59 Å². The Labute approximate surface area is 109 Å². The van der Waals surface area contributed by atoms with Gasteiger partial charge in [0.1, 0.15) is 0 Å². The number of nitrogens with zero attached hydrogens (tertiary/aromatic N) is 1. The average molecular weight is 263 g/mol. The molecule has 1 saturated heterocycles. The predicted octanol–water partition coefficient (Wildman–Crippen LogP) is 1.02. The highest BCUT2D eigenvalue weighted by Gasteiger charge is 2.43. The van der Waals surface area contributed by atoms with Crippen LogP contribution >= 0.6 is 0 Å². The monoisotopic (exact) mass is 263 g/mol. The van der Waals surface area contributed by atoms with Crippen molar-refractivity contribution in [3.05, 3.63) is 23.8 Å². The second-order valence-corrected chi connectivity index (χ2v) is 4.71. The van der Waals surface area contributed by atoms with Crippen LogP contribution in [-0.4, -0.2) is 35.7 Å². The van der Waals surface area contributed by atoms with Crippen LogP contribution in [-0.2, 0) is 9.59 Å². The van der Waals surface area contributed by atoms with Crippen LogP contribution < -0.4 is 9.47 Å². The first-order valence-corrected chi connectivity index (χ1v) is 5.96. The molecule has 6 nitrogen and oxygen atoms in total. The number of ether oxygens (including phenoxy) is 2. The van der Waals surface area contributed by atoms with Crippen LogP contribution in [0.15, 0.2) is 18.2 Å². The van der Waals surface area contributed by atoms with E-state index in [0.717, 1.165) is 5.56 Å². The van der Waals surface area contributed by atoms with E-state index in [-0.39, 0.29) is 19.1 Å². The Morgan fingerprint density at radius 1 is 1.37 bits per heavy atom. The number of carboxylic acid groups (broad SMARTS) is 1. The lowest BCUT2D eigenvalue weighted by Crippen LogP contribution is -2.26. The molecule has 0 bridgehead atoms. The van der Waals surface area contributed by atoms with Crippen LogP contribution in [0.5, 0.6) is 11.5 Å². The average Bonchev–Trinajstić information content (AvgIpc) is 2.94. The Bertz CT molecular complexity index is 556. The minimum atomic E-state index is -0.958. The van der Waals surface area contributed by atoms with Crippen molar-refractivity contribution in [2.24, 2.45) is 5.92 Å². The van der Waals surface area contributed by atoms with Gasteiger partial charge in [0.15, 0.2) is 11.5 Å². The summed E-state index contributed by atoms with van der Waals surface area (Å²) in [6, 6.07) is 4.81. The van der Waals surface area contributed by atoms with E-state index in [4.69, 9.17) is 9.47 Å². The van der Waals surface area contributed by atoms with Crippen LogP contribution in [0.3, 0.4) is 0 Å².